The van der Waals surface area contributed by atoms with Crippen LogP contribution < -0.4 is 5.73 Å². The van der Waals surface area contributed by atoms with E-state index in [-0.39, 0.29) is 0 Å². The van der Waals surface area contributed by atoms with Crippen LogP contribution in [0.1, 0.15) is 5.56 Å². The molecule has 1 atom stereocenters. The lowest BCUT2D eigenvalue weighted by atomic mass is 10.2. The largest absolute Gasteiger partial charge is 0.398 e. The Bertz CT molecular complexity index is 357. The first-order valence-electron chi connectivity index (χ1n) is 4.51. The first-order chi connectivity index (χ1) is 7.13. The van der Waals surface area contributed by atoms with Crippen LogP contribution in [0.4, 0.5) is 5.69 Å². The fourth-order valence-corrected chi connectivity index (χ4v) is 2.60. The quantitative estimate of drug-likeness (QED) is 0.844. The highest BCUT2D eigenvalue weighted by atomic mass is 79.9. The monoisotopic (exact) mass is 291 g/mol. The predicted octanol–water partition coefficient (Wildman–Crippen LogP) is 1.93. The third kappa shape index (κ3) is 4.32. The van der Waals surface area contributed by atoms with E-state index in [4.69, 9.17) is 10.5 Å². The first-order valence-corrected chi connectivity index (χ1v) is 6.79. The van der Waals surface area contributed by atoms with Crippen molar-refractivity contribution in [1.29, 1.82) is 0 Å². The molecule has 0 aliphatic rings. The molecule has 0 aromatic heterocycles. The Balaban J connectivity index is 2.60. The standard InChI is InChI=1S/C10H14BrNO2S/c1-14-4-5-15(13)7-8-2-3-9(11)6-10(8)12/h2-3,6H,4-5,7,12H2,1H3. The van der Waals surface area contributed by atoms with Crippen LogP contribution in [0, 0.1) is 0 Å². The fraction of sp³-hybridized carbons (Fsp3) is 0.400. The maximum atomic E-state index is 11.6. The van der Waals surface area contributed by atoms with Gasteiger partial charge in [0.1, 0.15) is 0 Å². The number of methoxy groups -OCH3 is 1. The van der Waals surface area contributed by atoms with Gasteiger partial charge in [-0.2, -0.15) is 0 Å². The Morgan fingerprint density at radius 3 is 2.87 bits per heavy atom. The molecular formula is C10H14BrNO2S. The topological polar surface area (TPSA) is 52.3 Å². The van der Waals surface area contributed by atoms with Gasteiger partial charge in [-0.25, -0.2) is 0 Å². The van der Waals surface area contributed by atoms with Gasteiger partial charge in [0.05, 0.1) is 12.4 Å². The molecule has 0 heterocycles. The Morgan fingerprint density at radius 1 is 1.53 bits per heavy atom. The van der Waals surface area contributed by atoms with Crippen LogP contribution in [0.25, 0.3) is 0 Å². The Morgan fingerprint density at radius 2 is 2.27 bits per heavy atom. The van der Waals surface area contributed by atoms with Crippen molar-refractivity contribution in [1.82, 2.24) is 0 Å². The molecular weight excluding hydrogens is 278 g/mol. The van der Waals surface area contributed by atoms with Gasteiger partial charge in [-0.3, -0.25) is 4.21 Å². The zero-order valence-corrected chi connectivity index (χ0v) is 10.9. The molecule has 2 N–H and O–H groups in total. The molecule has 0 saturated heterocycles. The summed E-state index contributed by atoms with van der Waals surface area (Å²) in [4.78, 5) is 0. The van der Waals surface area contributed by atoms with E-state index in [1.54, 1.807) is 7.11 Å². The van der Waals surface area contributed by atoms with Crippen molar-refractivity contribution < 1.29 is 8.95 Å². The lowest BCUT2D eigenvalue weighted by Crippen LogP contribution is -2.07. The summed E-state index contributed by atoms with van der Waals surface area (Å²) in [6.45, 7) is 0.517. The molecule has 1 unspecified atom stereocenters. The SMILES string of the molecule is COCCS(=O)Cc1ccc(Br)cc1N. The molecule has 0 fully saturated rings. The predicted molar refractivity (Wildman–Crippen MR) is 67.1 cm³/mol. The lowest BCUT2D eigenvalue weighted by Gasteiger charge is -2.06. The normalized spacial score (nSPS) is 12.7. The van der Waals surface area contributed by atoms with E-state index < -0.39 is 10.8 Å². The van der Waals surface area contributed by atoms with Gasteiger partial charge >= 0.3 is 0 Å². The number of ether oxygens (including phenoxy) is 1. The van der Waals surface area contributed by atoms with Gasteiger partial charge in [-0.05, 0) is 17.7 Å². The van der Waals surface area contributed by atoms with Crippen LogP contribution in [-0.2, 0) is 21.3 Å². The molecule has 15 heavy (non-hydrogen) atoms. The molecule has 84 valence electrons. The molecule has 0 spiro atoms. The van der Waals surface area contributed by atoms with E-state index in [1.807, 2.05) is 18.2 Å². The molecule has 1 rings (SSSR count). The minimum atomic E-state index is -0.908. The van der Waals surface area contributed by atoms with Crippen LogP contribution in [0.3, 0.4) is 0 Å². The average Bonchev–Trinajstić information content (AvgIpc) is 2.19. The molecule has 1 aromatic rings. The molecule has 0 radical (unpaired) electrons. The van der Waals surface area contributed by atoms with Gasteiger partial charge < -0.3 is 10.5 Å². The third-order valence-electron chi connectivity index (χ3n) is 1.94. The van der Waals surface area contributed by atoms with Crippen molar-refractivity contribution in [3.63, 3.8) is 0 Å². The summed E-state index contributed by atoms with van der Waals surface area (Å²) < 4.78 is 17.4. The second kappa shape index (κ2) is 6.25. The molecule has 0 amide bonds. The van der Waals surface area contributed by atoms with Gasteiger partial charge in [-0.15, -0.1) is 0 Å². The minimum Gasteiger partial charge on any atom is -0.398 e. The van der Waals surface area contributed by atoms with Crippen molar-refractivity contribution in [2.75, 3.05) is 25.2 Å². The van der Waals surface area contributed by atoms with Crippen molar-refractivity contribution in [2.45, 2.75) is 5.75 Å². The molecule has 0 aliphatic heterocycles. The highest BCUT2D eigenvalue weighted by Crippen LogP contribution is 2.19. The molecule has 0 saturated carbocycles. The summed E-state index contributed by atoms with van der Waals surface area (Å²) in [6, 6.07) is 5.62. The molecule has 5 heteroatoms. The molecule has 0 bridgehead atoms. The van der Waals surface area contributed by atoms with Gasteiger partial charge in [0.25, 0.3) is 0 Å². The van der Waals surface area contributed by atoms with Crippen LogP contribution >= 0.6 is 15.9 Å². The summed E-state index contributed by atoms with van der Waals surface area (Å²) in [7, 11) is 0.694. The Kier molecular flexibility index (Phi) is 5.28. The van der Waals surface area contributed by atoms with Crippen LogP contribution in [0.2, 0.25) is 0 Å². The number of halogens is 1. The second-order valence-electron chi connectivity index (χ2n) is 3.12. The average molecular weight is 292 g/mol. The van der Waals surface area contributed by atoms with Crippen molar-refractivity contribution in [3.8, 4) is 0 Å². The highest BCUT2D eigenvalue weighted by molar-refractivity contribution is 9.10. The zero-order chi connectivity index (χ0) is 11.3. The number of nitrogen functional groups attached to an aromatic ring is 1. The molecule has 0 aliphatic carbocycles. The Hall–Kier alpha value is -0.390. The second-order valence-corrected chi connectivity index (χ2v) is 5.62. The van der Waals surface area contributed by atoms with Crippen LogP contribution in [-0.4, -0.2) is 23.7 Å². The van der Waals surface area contributed by atoms with E-state index in [0.29, 0.717) is 23.8 Å². The first kappa shape index (κ1) is 12.7. The smallest absolute Gasteiger partial charge is 0.0577 e. The number of nitrogens with two attached hydrogens (primary N) is 1. The summed E-state index contributed by atoms with van der Waals surface area (Å²) in [5.74, 6) is 1.04. The summed E-state index contributed by atoms with van der Waals surface area (Å²) in [6.07, 6.45) is 0. The van der Waals surface area contributed by atoms with Crippen LogP contribution in [0.15, 0.2) is 22.7 Å². The number of rotatable bonds is 5. The minimum absolute atomic E-state index is 0.489. The summed E-state index contributed by atoms with van der Waals surface area (Å²) in [5.41, 5.74) is 7.40. The Labute approximate surface area is 101 Å². The number of anilines is 1. The van der Waals surface area contributed by atoms with Crippen LogP contribution in [0.5, 0.6) is 0 Å². The van der Waals surface area contributed by atoms with Gasteiger partial charge in [-0.1, -0.05) is 22.0 Å². The number of hydrogen-bond donors (Lipinski definition) is 1. The maximum Gasteiger partial charge on any atom is 0.0577 e. The lowest BCUT2D eigenvalue weighted by molar-refractivity contribution is 0.218. The molecule has 1 aromatic carbocycles. The maximum absolute atomic E-state index is 11.6. The number of benzene rings is 1. The van der Waals surface area contributed by atoms with Gasteiger partial charge in [0, 0.05) is 33.8 Å². The van der Waals surface area contributed by atoms with E-state index in [0.717, 1.165) is 10.0 Å². The van der Waals surface area contributed by atoms with E-state index >= 15 is 0 Å². The summed E-state index contributed by atoms with van der Waals surface area (Å²) in [5, 5.41) is 0. The summed E-state index contributed by atoms with van der Waals surface area (Å²) >= 11 is 3.33. The van der Waals surface area contributed by atoms with Crippen molar-refractivity contribution >= 4 is 32.4 Å². The highest BCUT2D eigenvalue weighted by Gasteiger charge is 2.05. The fourth-order valence-electron chi connectivity index (χ4n) is 1.12. The van der Waals surface area contributed by atoms with E-state index in [9.17, 15) is 4.21 Å². The zero-order valence-electron chi connectivity index (χ0n) is 8.53. The molecule has 3 nitrogen and oxygen atoms in total. The van der Waals surface area contributed by atoms with E-state index in [2.05, 4.69) is 15.9 Å². The third-order valence-corrected chi connectivity index (χ3v) is 3.69. The van der Waals surface area contributed by atoms with Crippen molar-refractivity contribution in [2.24, 2.45) is 0 Å². The van der Waals surface area contributed by atoms with Crippen molar-refractivity contribution in [3.05, 3.63) is 28.2 Å². The van der Waals surface area contributed by atoms with Gasteiger partial charge in [0.2, 0.25) is 0 Å². The van der Waals surface area contributed by atoms with E-state index in [1.165, 1.54) is 0 Å². The van der Waals surface area contributed by atoms with Gasteiger partial charge in [0.15, 0.2) is 0 Å². The number of hydrogen-bond acceptors (Lipinski definition) is 3.